The van der Waals surface area contributed by atoms with E-state index in [1.165, 1.54) is 0 Å². The number of hydrogen-bond acceptors (Lipinski definition) is 3. The van der Waals surface area contributed by atoms with E-state index in [1.54, 1.807) is 12.3 Å². The van der Waals surface area contributed by atoms with Gasteiger partial charge < -0.3 is 15.0 Å². The number of carbonyl (C=O) groups is 1. The van der Waals surface area contributed by atoms with Gasteiger partial charge in [0.25, 0.3) is 0 Å². The van der Waals surface area contributed by atoms with Gasteiger partial charge in [-0.25, -0.2) is 0 Å². The molecule has 0 amide bonds. The lowest BCUT2D eigenvalue weighted by atomic mass is 10.1. The molecule has 1 aliphatic rings. The molecule has 1 aromatic rings. The molecule has 2 rings (SSSR count). The summed E-state index contributed by atoms with van der Waals surface area (Å²) in [4.78, 5) is 14.5. The molecule has 1 saturated heterocycles. The monoisotopic (exact) mass is 194 g/mol. The summed E-state index contributed by atoms with van der Waals surface area (Å²) in [5.41, 5.74) is 0.666. The molecule has 1 aromatic heterocycles. The van der Waals surface area contributed by atoms with Crippen molar-refractivity contribution in [2.24, 2.45) is 0 Å². The number of nitrogens with one attached hydrogen (secondary N) is 2. The fourth-order valence-electron chi connectivity index (χ4n) is 1.57. The molecule has 1 atom stereocenters. The van der Waals surface area contributed by atoms with Crippen LogP contribution in [0.2, 0.25) is 0 Å². The molecule has 1 fully saturated rings. The summed E-state index contributed by atoms with van der Waals surface area (Å²) < 4.78 is 5.45. The van der Waals surface area contributed by atoms with E-state index in [1.807, 2.05) is 6.07 Å². The van der Waals surface area contributed by atoms with Crippen molar-refractivity contribution >= 4 is 5.78 Å². The summed E-state index contributed by atoms with van der Waals surface area (Å²) in [6.45, 7) is 2.35. The molecule has 4 heteroatoms. The highest BCUT2D eigenvalue weighted by Gasteiger charge is 2.18. The first-order valence-electron chi connectivity index (χ1n) is 4.85. The predicted molar refractivity (Wildman–Crippen MR) is 52.3 cm³/mol. The Labute approximate surface area is 82.6 Å². The van der Waals surface area contributed by atoms with E-state index in [4.69, 9.17) is 4.74 Å². The lowest BCUT2D eigenvalue weighted by Gasteiger charge is -2.22. The topological polar surface area (TPSA) is 54.1 Å². The van der Waals surface area contributed by atoms with Crippen LogP contribution in [0.5, 0.6) is 0 Å². The van der Waals surface area contributed by atoms with E-state index in [0.717, 1.165) is 13.1 Å². The quantitative estimate of drug-likeness (QED) is 0.692. The Morgan fingerprint density at radius 2 is 2.57 bits per heavy atom. The summed E-state index contributed by atoms with van der Waals surface area (Å²) in [7, 11) is 0. The van der Waals surface area contributed by atoms with Crippen molar-refractivity contribution in [1.82, 2.24) is 10.3 Å². The lowest BCUT2D eigenvalue weighted by molar-refractivity contribution is 0.0239. The van der Waals surface area contributed by atoms with E-state index >= 15 is 0 Å². The average molecular weight is 194 g/mol. The number of aromatic amines is 1. The van der Waals surface area contributed by atoms with Crippen molar-refractivity contribution in [2.45, 2.75) is 12.5 Å². The fourth-order valence-corrected chi connectivity index (χ4v) is 1.57. The molecule has 14 heavy (non-hydrogen) atoms. The number of Topliss-reactive ketones (excluding diaryl/α,β-unsaturated/α-hetero) is 1. The van der Waals surface area contributed by atoms with Crippen molar-refractivity contribution in [1.29, 1.82) is 0 Å². The zero-order chi connectivity index (χ0) is 9.80. The van der Waals surface area contributed by atoms with Crippen LogP contribution in [0.25, 0.3) is 0 Å². The third kappa shape index (κ3) is 2.21. The minimum Gasteiger partial charge on any atom is -0.375 e. The van der Waals surface area contributed by atoms with Crippen LogP contribution in [0.15, 0.2) is 18.3 Å². The van der Waals surface area contributed by atoms with Gasteiger partial charge in [-0.15, -0.1) is 0 Å². The van der Waals surface area contributed by atoms with Crippen LogP contribution in [0.3, 0.4) is 0 Å². The Hall–Kier alpha value is -1.13. The van der Waals surface area contributed by atoms with E-state index in [-0.39, 0.29) is 11.9 Å². The average Bonchev–Trinajstić information content (AvgIpc) is 2.72. The molecule has 0 aromatic carbocycles. The molecule has 2 heterocycles. The SMILES string of the molecule is O=C(CC1CNCCO1)c1ccc[nH]1. The standard InChI is InChI=1S/C10H14N2O2/c13-10(9-2-1-3-12-9)6-8-7-11-4-5-14-8/h1-3,8,11-12H,4-7H2. The van der Waals surface area contributed by atoms with Crippen LogP contribution in [0.1, 0.15) is 16.9 Å². The van der Waals surface area contributed by atoms with Crippen LogP contribution in [-0.4, -0.2) is 36.6 Å². The van der Waals surface area contributed by atoms with Crippen molar-refractivity contribution in [2.75, 3.05) is 19.7 Å². The highest BCUT2D eigenvalue weighted by atomic mass is 16.5. The number of ether oxygens (including phenoxy) is 1. The first-order valence-corrected chi connectivity index (χ1v) is 4.85. The molecule has 0 bridgehead atoms. The van der Waals surface area contributed by atoms with E-state index < -0.39 is 0 Å². The second-order valence-electron chi connectivity index (χ2n) is 3.41. The second kappa shape index (κ2) is 4.39. The molecule has 0 radical (unpaired) electrons. The van der Waals surface area contributed by atoms with Crippen LogP contribution in [0.4, 0.5) is 0 Å². The smallest absolute Gasteiger partial charge is 0.181 e. The van der Waals surface area contributed by atoms with Gasteiger partial charge in [0.2, 0.25) is 0 Å². The maximum atomic E-state index is 11.6. The Kier molecular flexibility index (Phi) is 2.96. The summed E-state index contributed by atoms with van der Waals surface area (Å²) >= 11 is 0. The number of aromatic nitrogens is 1. The molecule has 0 spiro atoms. The summed E-state index contributed by atoms with van der Waals surface area (Å²) in [6.07, 6.45) is 2.24. The van der Waals surface area contributed by atoms with Crippen LogP contribution < -0.4 is 5.32 Å². The van der Waals surface area contributed by atoms with Crippen LogP contribution in [0, 0.1) is 0 Å². The third-order valence-corrected chi connectivity index (χ3v) is 2.32. The third-order valence-electron chi connectivity index (χ3n) is 2.32. The van der Waals surface area contributed by atoms with Crippen molar-refractivity contribution in [3.63, 3.8) is 0 Å². The van der Waals surface area contributed by atoms with Gasteiger partial charge in [-0.05, 0) is 12.1 Å². The minimum atomic E-state index is 0.0274. The molecular weight excluding hydrogens is 180 g/mol. The molecule has 1 aliphatic heterocycles. The molecule has 76 valence electrons. The molecule has 0 saturated carbocycles. The number of carbonyl (C=O) groups excluding carboxylic acids is 1. The van der Waals surface area contributed by atoms with E-state index in [2.05, 4.69) is 10.3 Å². The molecule has 4 nitrogen and oxygen atoms in total. The van der Waals surface area contributed by atoms with Gasteiger partial charge in [-0.1, -0.05) is 0 Å². The van der Waals surface area contributed by atoms with Crippen molar-refractivity contribution in [3.8, 4) is 0 Å². The van der Waals surface area contributed by atoms with Gasteiger partial charge in [-0.3, -0.25) is 4.79 Å². The van der Waals surface area contributed by atoms with Crippen molar-refractivity contribution < 1.29 is 9.53 Å². The van der Waals surface area contributed by atoms with Crippen LogP contribution in [-0.2, 0) is 4.74 Å². The zero-order valence-corrected chi connectivity index (χ0v) is 7.95. The number of H-pyrrole nitrogens is 1. The van der Waals surface area contributed by atoms with E-state index in [0.29, 0.717) is 18.7 Å². The van der Waals surface area contributed by atoms with Crippen molar-refractivity contribution in [3.05, 3.63) is 24.0 Å². The number of ketones is 1. The maximum Gasteiger partial charge on any atom is 0.181 e. The zero-order valence-electron chi connectivity index (χ0n) is 7.95. The number of hydrogen-bond donors (Lipinski definition) is 2. The highest BCUT2D eigenvalue weighted by molar-refractivity contribution is 5.94. The maximum absolute atomic E-state index is 11.6. The summed E-state index contributed by atoms with van der Waals surface area (Å²) in [6, 6.07) is 3.62. The van der Waals surface area contributed by atoms with Gasteiger partial charge in [0.15, 0.2) is 5.78 Å². The first-order chi connectivity index (χ1) is 6.86. The van der Waals surface area contributed by atoms with Gasteiger partial charge in [0.1, 0.15) is 0 Å². The predicted octanol–water partition coefficient (Wildman–Crippen LogP) is 0.576. The van der Waals surface area contributed by atoms with Gasteiger partial charge in [0.05, 0.1) is 18.4 Å². The van der Waals surface area contributed by atoms with E-state index in [9.17, 15) is 4.79 Å². The second-order valence-corrected chi connectivity index (χ2v) is 3.41. The normalized spacial score (nSPS) is 22.1. The van der Waals surface area contributed by atoms with Gasteiger partial charge >= 0.3 is 0 Å². The minimum absolute atomic E-state index is 0.0274. The number of morpholine rings is 1. The lowest BCUT2D eigenvalue weighted by Crippen LogP contribution is -2.39. The van der Waals surface area contributed by atoms with Gasteiger partial charge in [0, 0.05) is 25.7 Å². The first kappa shape index (κ1) is 9.43. The number of rotatable bonds is 3. The largest absolute Gasteiger partial charge is 0.375 e. The Balaban J connectivity index is 1.87. The Bertz CT molecular complexity index is 289. The fraction of sp³-hybridized carbons (Fsp3) is 0.500. The summed E-state index contributed by atoms with van der Waals surface area (Å²) in [5.74, 6) is 0.115. The molecule has 2 N–H and O–H groups in total. The molecule has 0 aliphatic carbocycles. The summed E-state index contributed by atoms with van der Waals surface area (Å²) in [5, 5.41) is 3.20. The van der Waals surface area contributed by atoms with Crippen LogP contribution >= 0.6 is 0 Å². The highest BCUT2D eigenvalue weighted by Crippen LogP contribution is 2.07. The van der Waals surface area contributed by atoms with Gasteiger partial charge in [-0.2, -0.15) is 0 Å². The Morgan fingerprint density at radius 1 is 1.64 bits per heavy atom. The molecular formula is C10H14N2O2. The molecule has 1 unspecified atom stereocenters. The Morgan fingerprint density at radius 3 is 3.21 bits per heavy atom.